The predicted octanol–water partition coefficient (Wildman–Crippen LogP) is 1.90. The van der Waals surface area contributed by atoms with Crippen LogP contribution in [0.5, 0.6) is 0 Å². The highest BCUT2D eigenvalue weighted by Crippen LogP contribution is 2.15. The number of carbonyl (C=O) groups excluding carboxylic acids is 1. The van der Waals surface area contributed by atoms with Crippen molar-refractivity contribution < 1.29 is 13.8 Å². The first-order valence-electron chi connectivity index (χ1n) is 6.79. The van der Waals surface area contributed by atoms with Crippen molar-refractivity contribution in [3.8, 4) is 0 Å². The Hall–Kier alpha value is -1.19. The van der Waals surface area contributed by atoms with Crippen LogP contribution in [0.4, 0.5) is 0 Å². The number of hydrogen-bond donors (Lipinski definition) is 0. The van der Waals surface area contributed by atoms with E-state index >= 15 is 0 Å². The standard InChI is InChI=1S/C16H28N2O/c1-17(2,3)12-15(13-18(4,5)6)16(19)14-10-8-7-9-11-14/h7-11,15H,12-13H2,1-6H3/q+2. The predicted molar refractivity (Wildman–Crippen MR) is 80.1 cm³/mol. The third kappa shape index (κ3) is 5.99. The third-order valence-corrected chi connectivity index (χ3v) is 2.97. The second-order valence-corrected chi connectivity index (χ2v) is 7.37. The van der Waals surface area contributed by atoms with Gasteiger partial charge in [0.25, 0.3) is 0 Å². The molecule has 0 N–H and O–H groups in total. The van der Waals surface area contributed by atoms with Crippen LogP contribution in [0.1, 0.15) is 10.4 Å². The zero-order chi connectivity index (χ0) is 14.7. The number of carbonyl (C=O) groups is 1. The molecule has 0 saturated heterocycles. The van der Waals surface area contributed by atoms with Crippen LogP contribution in [0, 0.1) is 5.92 Å². The Balaban J connectivity index is 2.93. The minimum atomic E-state index is 0.0578. The molecule has 0 atom stereocenters. The summed E-state index contributed by atoms with van der Waals surface area (Å²) in [6, 6.07) is 9.65. The first kappa shape index (κ1) is 15.9. The first-order chi connectivity index (χ1) is 8.58. The lowest BCUT2D eigenvalue weighted by atomic mass is 9.95. The SMILES string of the molecule is C[N+](C)(C)CC(C[N+](C)(C)C)C(=O)c1ccccc1. The monoisotopic (exact) mass is 264 g/mol. The largest absolute Gasteiger partial charge is 0.330 e. The maximum Gasteiger partial charge on any atom is 0.177 e. The summed E-state index contributed by atoms with van der Waals surface area (Å²) >= 11 is 0. The molecule has 3 nitrogen and oxygen atoms in total. The van der Waals surface area contributed by atoms with Gasteiger partial charge in [-0.05, 0) is 0 Å². The van der Waals surface area contributed by atoms with Gasteiger partial charge in [0.05, 0.1) is 55.4 Å². The van der Waals surface area contributed by atoms with Crippen LogP contribution < -0.4 is 0 Å². The minimum Gasteiger partial charge on any atom is -0.330 e. The lowest BCUT2D eigenvalue weighted by molar-refractivity contribution is -0.894. The van der Waals surface area contributed by atoms with Crippen molar-refractivity contribution in [3.05, 3.63) is 35.9 Å². The Labute approximate surface area is 117 Å². The molecule has 0 radical (unpaired) electrons. The Morgan fingerprint density at radius 2 is 1.32 bits per heavy atom. The van der Waals surface area contributed by atoms with Crippen molar-refractivity contribution in [2.45, 2.75) is 0 Å². The zero-order valence-electron chi connectivity index (χ0n) is 13.2. The van der Waals surface area contributed by atoms with Crippen LogP contribution in [0.3, 0.4) is 0 Å². The van der Waals surface area contributed by atoms with Crippen molar-refractivity contribution in [1.29, 1.82) is 0 Å². The van der Waals surface area contributed by atoms with E-state index in [2.05, 4.69) is 42.3 Å². The van der Waals surface area contributed by atoms with E-state index in [9.17, 15) is 4.79 Å². The van der Waals surface area contributed by atoms with Gasteiger partial charge in [-0.15, -0.1) is 0 Å². The molecule has 3 heteroatoms. The fourth-order valence-corrected chi connectivity index (χ4v) is 2.38. The lowest BCUT2D eigenvalue weighted by Crippen LogP contribution is -2.49. The molecule has 0 saturated carbocycles. The summed E-state index contributed by atoms with van der Waals surface area (Å²) in [5.41, 5.74) is 0.828. The quantitative estimate of drug-likeness (QED) is 0.566. The molecule has 19 heavy (non-hydrogen) atoms. The van der Waals surface area contributed by atoms with Crippen molar-refractivity contribution in [3.63, 3.8) is 0 Å². The molecule has 0 aromatic heterocycles. The Kier molecular flexibility index (Phi) is 4.88. The van der Waals surface area contributed by atoms with Gasteiger partial charge in [0.15, 0.2) is 5.78 Å². The molecule has 0 spiro atoms. The molecule has 0 aliphatic carbocycles. The summed E-state index contributed by atoms with van der Waals surface area (Å²) < 4.78 is 1.62. The van der Waals surface area contributed by atoms with Gasteiger partial charge >= 0.3 is 0 Å². The number of ketones is 1. The van der Waals surface area contributed by atoms with Crippen molar-refractivity contribution in [2.24, 2.45) is 5.92 Å². The molecule has 106 valence electrons. The van der Waals surface area contributed by atoms with E-state index in [4.69, 9.17) is 0 Å². The molecule has 0 aliphatic heterocycles. The van der Waals surface area contributed by atoms with Gasteiger partial charge < -0.3 is 8.97 Å². The highest BCUT2D eigenvalue weighted by atomic mass is 16.1. The van der Waals surface area contributed by atoms with Gasteiger partial charge in [-0.1, -0.05) is 30.3 Å². The molecular weight excluding hydrogens is 236 g/mol. The van der Waals surface area contributed by atoms with Crippen LogP contribution in [0.25, 0.3) is 0 Å². The normalized spacial score (nSPS) is 12.8. The summed E-state index contributed by atoms with van der Waals surface area (Å²) in [5.74, 6) is 0.323. The maximum absolute atomic E-state index is 12.7. The van der Waals surface area contributed by atoms with E-state index in [-0.39, 0.29) is 11.7 Å². The summed E-state index contributed by atoms with van der Waals surface area (Å²) in [6.45, 7) is 1.73. The van der Waals surface area contributed by atoms with Crippen LogP contribution in [-0.4, -0.2) is 70.1 Å². The second kappa shape index (κ2) is 5.85. The molecular formula is C16H28N2O+2. The van der Waals surface area contributed by atoms with Crippen molar-refractivity contribution in [2.75, 3.05) is 55.4 Å². The number of nitrogens with zero attached hydrogens (tertiary/aromatic N) is 2. The van der Waals surface area contributed by atoms with Crippen LogP contribution in [-0.2, 0) is 0 Å². The molecule has 0 heterocycles. The summed E-state index contributed by atoms with van der Waals surface area (Å²) in [4.78, 5) is 12.7. The number of quaternary nitrogens is 2. The zero-order valence-corrected chi connectivity index (χ0v) is 13.2. The van der Waals surface area contributed by atoms with E-state index in [1.54, 1.807) is 0 Å². The van der Waals surface area contributed by atoms with Gasteiger partial charge in [0, 0.05) is 5.56 Å². The molecule has 0 fully saturated rings. The maximum atomic E-state index is 12.7. The van der Waals surface area contributed by atoms with E-state index in [0.717, 1.165) is 27.6 Å². The summed E-state index contributed by atoms with van der Waals surface area (Å²) in [6.07, 6.45) is 0. The topological polar surface area (TPSA) is 17.1 Å². The minimum absolute atomic E-state index is 0.0578. The van der Waals surface area contributed by atoms with Gasteiger partial charge in [0.1, 0.15) is 5.92 Å². The molecule has 0 amide bonds. The fourth-order valence-electron chi connectivity index (χ4n) is 2.38. The summed E-state index contributed by atoms with van der Waals surface area (Å²) in [5, 5.41) is 0. The van der Waals surface area contributed by atoms with E-state index in [1.165, 1.54) is 0 Å². The number of rotatable bonds is 6. The van der Waals surface area contributed by atoms with Gasteiger partial charge in [-0.25, -0.2) is 0 Å². The average molecular weight is 264 g/mol. The molecule has 0 unspecified atom stereocenters. The smallest absolute Gasteiger partial charge is 0.177 e. The van der Waals surface area contributed by atoms with Crippen molar-refractivity contribution in [1.82, 2.24) is 0 Å². The fraction of sp³-hybridized carbons (Fsp3) is 0.562. The Bertz CT molecular complexity index is 397. The molecule has 0 aliphatic rings. The molecule has 1 aromatic rings. The lowest BCUT2D eigenvalue weighted by Gasteiger charge is -2.33. The van der Waals surface area contributed by atoms with E-state index in [0.29, 0.717) is 0 Å². The van der Waals surface area contributed by atoms with Gasteiger partial charge in [-0.3, -0.25) is 4.79 Å². The van der Waals surface area contributed by atoms with Crippen LogP contribution in [0.15, 0.2) is 30.3 Å². The van der Waals surface area contributed by atoms with Crippen molar-refractivity contribution >= 4 is 5.78 Å². The van der Waals surface area contributed by atoms with Gasteiger partial charge in [-0.2, -0.15) is 0 Å². The second-order valence-electron chi connectivity index (χ2n) is 7.37. The Morgan fingerprint density at radius 1 is 0.895 bits per heavy atom. The van der Waals surface area contributed by atoms with E-state index < -0.39 is 0 Å². The highest BCUT2D eigenvalue weighted by molar-refractivity contribution is 5.98. The molecule has 0 bridgehead atoms. The average Bonchev–Trinajstić information content (AvgIpc) is 2.24. The van der Waals surface area contributed by atoms with Crippen LogP contribution in [0.2, 0.25) is 0 Å². The van der Waals surface area contributed by atoms with E-state index in [1.807, 2.05) is 30.3 Å². The summed E-state index contributed by atoms with van der Waals surface area (Å²) in [7, 11) is 12.8. The highest BCUT2D eigenvalue weighted by Gasteiger charge is 2.31. The first-order valence-corrected chi connectivity index (χ1v) is 6.79. The molecule has 1 aromatic carbocycles. The van der Waals surface area contributed by atoms with Gasteiger partial charge in [0.2, 0.25) is 0 Å². The third-order valence-electron chi connectivity index (χ3n) is 2.97. The number of benzene rings is 1. The number of Topliss-reactive ketones (excluding diaryl/α,β-unsaturated/α-hetero) is 1. The Morgan fingerprint density at radius 3 is 1.68 bits per heavy atom. The van der Waals surface area contributed by atoms with Crippen LogP contribution >= 0.6 is 0 Å². The number of hydrogen-bond acceptors (Lipinski definition) is 1. The molecule has 1 rings (SSSR count).